The Bertz CT molecular complexity index is 712. The first-order valence-electron chi connectivity index (χ1n) is 5.53. The van der Waals surface area contributed by atoms with Crippen LogP contribution in [0.15, 0.2) is 30.3 Å². The van der Waals surface area contributed by atoms with E-state index in [4.69, 9.17) is 11.1 Å². The zero-order valence-electron chi connectivity index (χ0n) is 10.5. The van der Waals surface area contributed by atoms with Crippen molar-refractivity contribution in [3.63, 3.8) is 0 Å². The third-order valence-electron chi connectivity index (χ3n) is 2.74. The van der Waals surface area contributed by atoms with Crippen molar-refractivity contribution >= 4 is 23.0 Å². The van der Waals surface area contributed by atoms with E-state index in [9.17, 15) is 15.3 Å². The molecule has 0 bridgehead atoms. The molecule has 0 atom stereocenters. The molecular weight excluding hydrogens is 264 g/mol. The number of nitrogens with two attached hydrogens (primary N) is 1. The van der Waals surface area contributed by atoms with Gasteiger partial charge in [-0.3, -0.25) is 15.5 Å². The van der Waals surface area contributed by atoms with E-state index in [2.05, 4.69) is 4.98 Å². The highest BCUT2D eigenvalue weighted by Crippen LogP contribution is 2.32. The molecule has 0 aliphatic rings. The first kappa shape index (κ1) is 13.3. The molecule has 20 heavy (non-hydrogen) atoms. The maximum absolute atomic E-state index is 11.1. The summed E-state index contributed by atoms with van der Waals surface area (Å²) in [5.41, 5.74) is 4.97. The summed E-state index contributed by atoms with van der Waals surface area (Å²) in [6.07, 6.45) is 0. The molecule has 0 aliphatic carbocycles. The molecule has 9 nitrogen and oxygen atoms in total. The van der Waals surface area contributed by atoms with Gasteiger partial charge < -0.3 is 15.8 Å². The minimum absolute atomic E-state index is 0.117. The molecule has 9 heteroatoms. The number of hydrogen-bond donors (Lipinski definition) is 3. The smallest absolute Gasteiger partial charge is 0.355 e. The van der Waals surface area contributed by atoms with Gasteiger partial charge >= 0.3 is 5.69 Å². The maximum atomic E-state index is 11.1. The average Bonchev–Trinajstić information content (AvgIpc) is 2.44. The number of benzene rings is 1. The predicted octanol–water partition coefficient (Wildman–Crippen LogP) is 0.858. The summed E-state index contributed by atoms with van der Waals surface area (Å²) in [5, 5.41) is 28.0. The van der Waals surface area contributed by atoms with Crippen LogP contribution in [0.4, 0.5) is 23.0 Å². The van der Waals surface area contributed by atoms with Gasteiger partial charge in [0.15, 0.2) is 0 Å². The number of rotatable bonds is 3. The Morgan fingerprint density at radius 1 is 1.45 bits per heavy atom. The van der Waals surface area contributed by atoms with Gasteiger partial charge in [0.1, 0.15) is 0 Å². The molecule has 1 heterocycles. The van der Waals surface area contributed by atoms with Crippen LogP contribution >= 0.6 is 0 Å². The van der Waals surface area contributed by atoms with Gasteiger partial charge in [0.05, 0.1) is 4.92 Å². The first-order valence-corrected chi connectivity index (χ1v) is 5.53. The Hall–Kier alpha value is -3.10. The van der Waals surface area contributed by atoms with E-state index in [1.54, 1.807) is 37.4 Å². The Labute approximate surface area is 113 Å². The van der Waals surface area contributed by atoms with Crippen molar-refractivity contribution in [2.45, 2.75) is 0 Å². The van der Waals surface area contributed by atoms with E-state index >= 15 is 0 Å². The lowest BCUT2D eigenvalue weighted by molar-refractivity contribution is -0.384. The molecule has 104 valence electrons. The summed E-state index contributed by atoms with van der Waals surface area (Å²) in [6.45, 7) is 0. The zero-order valence-corrected chi connectivity index (χ0v) is 10.5. The quantitative estimate of drug-likeness (QED) is 0.432. The van der Waals surface area contributed by atoms with Gasteiger partial charge in [-0.15, -0.1) is 4.73 Å². The van der Waals surface area contributed by atoms with E-state index in [1.165, 1.54) is 4.90 Å². The summed E-state index contributed by atoms with van der Waals surface area (Å²) in [6, 6.07) is 8.78. The fraction of sp³-hybridized carbons (Fsp3) is 0.0909. The molecule has 1 aromatic heterocycles. The summed E-state index contributed by atoms with van der Waals surface area (Å²) >= 11 is 0. The van der Waals surface area contributed by atoms with Crippen LogP contribution in [-0.4, -0.2) is 26.9 Å². The second kappa shape index (κ2) is 4.88. The van der Waals surface area contributed by atoms with Crippen molar-refractivity contribution < 1.29 is 10.1 Å². The van der Waals surface area contributed by atoms with E-state index in [-0.39, 0.29) is 10.5 Å². The number of para-hydroxylation sites is 1. The Balaban J connectivity index is 2.68. The third kappa shape index (κ3) is 2.11. The molecule has 1 aromatic carbocycles. The van der Waals surface area contributed by atoms with Gasteiger partial charge in [-0.25, -0.2) is 0 Å². The van der Waals surface area contributed by atoms with Crippen LogP contribution in [0, 0.1) is 15.5 Å². The highest BCUT2D eigenvalue weighted by molar-refractivity contribution is 5.73. The fourth-order valence-electron chi connectivity index (χ4n) is 1.71. The number of nitrogen functional groups attached to an aromatic ring is 1. The molecule has 0 saturated heterocycles. The molecular formula is C11H12N6O3. The number of nitrogens with one attached hydrogen (secondary N) is 1. The highest BCUT2D eigenvalue weighted by Gasteiger charge is 2.27. The van der Waals surface area contributed by atoms with Gasteiger partial charge in [0.25, 0.3) is 5.62 Å². The molecule has 0 fully saturated rings. The van der Waals surface area contributed by atoms with Gasteiger partial charge in [0.2, 0.25) is 11.6 Å². The zero-order chi connectivity index (χ0) is 14.9. The van der Waals surface area contributed by atoms with Crippen LogP contribution in [0.5, 0.6) is 0 Å². The topological polar surface area (TPSA) is 134 Å². The first-order chi connectivity index (χ1) is 9.43. The van der Waals surface area contributed by atoms with Crippen LogP contribution in [0.2, 0.25) is 0 Å². The van der Waals surface area contributed by atoms with E-state index in [0.29, 0.717) is 5.69 Å². The van der Waals surface area contributed by atoms with Crippen LogP contribution in [0.1, 0.15) is 0 Å². The van der Waals surface area contributed by atoms with Crippen LogP contribution in [0.25, 0.3) is 0 Å². The Kier molecular flexibility index (Phi) is 3.25. The second-order valence-corrected chi connectivity index (χ2v) is 3.96. The van der Waals surface area contributed by atoms with Crippen molar-refractivity contribution in [2.75, 3.05) is 17.7 Å². The highest BCUT2D eigenvalue weighted by atomic mass is 16.6. The number of nitrogens with zero attached hydrogens (tertiary/aromatic N) is 4. The molecule has 0 unspecified atom stereocenters. The van der Waals surface area contributed by atoms with Crippen LogP contribution in [0.3, 0.4) is 0 Å². The lowest BCUT2D eigenvalue weighted by atomic mass is 10.3. The number of aromatic nitrogens is 2. The molecule has 0 spiro atoms. The van der Waals surface area contributed by atoms with Crippen molar-refractivity contribution in [2.24, 2.45) is 0 Å². The fourth-order valence-corrected chi connectivity index (χ4v) is 1.71. The lowest BCUT2D eigenvalue weighted by Gasteiger charge is -2.18. The van der Waals surface area contributed by atoms with Crippen molar-refractivity contribution in [3.05, 3.63) is 46.1 Å². The molecule has 0 radical (unpaired) electrons. The van der Waals surface area contributed by atoms with Crippen LogP contribution < -0.4 is 16.3 Å². The largest absolute Gasteiger partial charge is 0.423 e. The number of nitro groups is 1. The molecule has 0 saturated carbocycles. The molecule has 4 N–H and O–H groups in total. The summed E-state index contributed by atoms with van der Waals surface area (Å²) in [7, 11) is 1.56. The Morgan fingerprint density at radius 3 is 2.60 bits per heavy atom. The van der Waals surface area contributed by atoms with E-state index < -0.39 is 22.0 Å². The van der Waals surface area contributed by atoms with Gasteiger partial charge in [-0.1, -0.05) is 18.2 Å². The van der Waals surface area contributed by atoms with Gasteiger partial charge in [-0.2, -0.15) is 4.98 Å². The standard InChI is InChI=1S/C11H12N6O3/c1-15(7-5-3-2-4-6-7)10-8(17(19)20)9(12)16(18)11(13)14-10/h2-6,13,18H,12H2,1H3. The summed E-state index contributed by atoms with van der Waals surface area (Å²) in [4.78, 5) is 15.5. The van der Waals surface area contributed by atoms with Crippen molar-refractivity contribution in [1.82, 2.24) is 9.71 Å². The van der Waals surface area contributed by atoms with Crippen molar-refractivity contribution in [1.29, 1.82) is 5.41 Å². The van der Waals surface area contributed by atoms with Gasteiger partial charge in [0, 0.05) is 12.7 Å². The SMILES string of the molecule is CN(c1ccccc1)c1nc(=N)n(O)c(N)c1[N+](=O)[O-]. The Morgan fingerprint density at radius 2 is 2.05 bits per heavy atom. The van der Waals surface area contributed by atoms with Crippen molar-refractivity contribution in [3.8, 4) is 0 Å². The molecule has 2 aromatic rings. The molecule has 0 amide bonds. The van der Waals surface area contributed by atoms with E-state index in [1.807, 2.05) is 0 Å². The summed E-state index contributed by atoms with van der Waals surface area (Å²) in [5.74, 6) is -0.665. The number of anilines is 3. The third-order valence-corrected chi connectivity index (χ3v) is 2.74. The minimum atomic E-state index is -0.747. The predicted molar refractivity (Wildman–Crippen MR) is 70.8 cm³/mol. The summed E-state index contributed by atoms with van der Waals surface area (Å²) < 4.78 is 0.167. The second-order valence-electron chi connectivity index (χ2n) is 3.96. The lowest BCUT2D eigenvalue weighted by Crippen LogP contribution is -2.28. The van der Waals surface area contributed by atoms with E-state index in [0.717, 1.165) is 0 Å². The van der Waals surface area contributed by atoms with Crippen LogP contribution in [-0.2, 0) is 0 Å². The molecule has 0 aliphatic heterocycles. The maximum Gasteiger partial charge on any atom is 0.355 e. The minimum Gasteiger partial charge on any atom is -0.423 e. The average molecular weight is 276 g/mol. The number of hydrogen-bond acceptors (Lipinski definition) is 7. The van der Waals surface area contributed by atoms with Gasteiger partial charge in [-0.05, 0) is 12.1 Å². The molecule has 2 rings (SSSR count). The monoisotopic (exact) mass is 276 g/mol. The normalized spacial score (nSPS) is 10.2.